The summed E-state index contributed by atoms with van der Waals surface area (Å²) in [6.45, 7) is 2.23. The van der Waals surface area contributed by atoms with Gasteiger partial charge in [0.05, 0.1) is 16.1 Å². The van der Waals surface area contributed by atoms with Gasteiger partial charge in [0.1, 0.15) is 4.83 Å². The summed E-state index contributed by atoms with van der Waals surface area (Å²) in [6, 6.07) is 5.53. The SMILES string of the molecule is C[C@@H]1CCc2c(sc3nc(SCC(=O)c4ccc([N+](=O)[O-])cc4)n(C)c(=O)c23)C1. The Hall–Kier alpha value is -2.52. The van der Waals surface area contributed by atoms with Crippen molar-refractivity contribution in [2.24, 2.45) is 13.0 Å². The molecule has 0 amide bonds. The zero-order chi connectivity index (χ0) is 20.7. The number of carbonyl (C=O) groups is 1. The van der Waals surface area contributed by atoms with Crippen LogP contribution in [0.3, 0.4) is 0 Å². The Bertz CT molecular complexity index is 1180. The van der Waals surface area contributed by atoms with Crippen LogP contribution in [0.1, 0.15) is 34.1 Å². The molecule has 150 valence electrons. The molecule has 29 heavy (non-hydrogen) atoms. The number of benzene rings is 1. The zero-order valence-corrected chi connectivity index (χ0v) is 17.6. The highest BCUT2D eigenvalue weighted by atomic mass is 32.2. The molecule has 1 aromatic carbocycles. The Morgan fingerprint density at radius 1 is 1.38 bits per heavy atom. The molecule has 0 N–H and O–H groups in total. The molecule has 7 nitrogen and oxygen atoms in total. The molecule has 1 aliphatic carbocycles. The van der Waals surface area contributed by atoms with Crippen LogP contribution >= 0.6 is 23.1 Å². The molecule has 1 atom stereocenters. The molecule has 0 saturated heterocycles. The van der Waals surface area contributed by atoms with E-state index >= 15 is 0 Å². The standard InChI is InChI=1S/C20H19N3O4S2/c1-11-3-8-14-16(9-11)29-18-17(14)19(25)22(2)20(21-18)28-10-15(24)12-4-6-13(7-5-12)23(26)27/h4-7,11H,3,8-10H2,1-2H3/t11-/m1/s1. The minimum atomic E-state index is -0.501. The van der Waals surface area contributed by atoms with Crippen LogP contribution in [0.4, 0.5) is 5.69 Å². The molecule has 4 rings (SSSR count). The number of hydrogen-bond donors (Lipinski definition) is 0. The van der Waals surface area contributed by atoms with Crippen molar-refractivity contribution < 1.29 is 9.72 Å². The van der Waals surface area contributed by atoms with Crippen LogP contribution in [0, 0.1) is 16.0 Å². The van der Waals surface area contributed by atoms with E-state index in [1.165, 1.54) is 45.5 Å². The molecule has 0 aliphatic heterocycles. The lowest BCUT2D eigenvalue weighted by atomic mass is 9.89. The number of non-ortho nitro benzene ring substituents is 1. The summed E-state index contributed by atoms with van der Waals surface area (Å²) in [4.78, 5) is 42.3. The van der Waals surface area contributed by atoms with Crippen LogP contribution in [0.2, 0.25) is 0 Å². The van der Waals surface area contributed by atoms with Gasteiger partial charge in [-0.05, 0) is 42.9 Å². The summed E-state index contributed by atoms with van der Waals surface area (Å²) >= 11 is 2.80. The number of nitro groups is 1. The van der Waals surface area contributed by atoms with Gasteiger partial charge in [-0.3, -0.25) is 24.3 Å². The average Bonchev–Trinajstić information content (AvgIpc) is 3.06. The number of rotatable bonds is 5. The van der Waals surface area contributed by atoms with Crippen molar-refractivity contribution in [2.45, 2.75) is 31.3 Å². The van der Waals surface area contributed by atoms with Crippen molar-refractivity contribution in [3.05, 3.63) is 60.7 Å². The van der Waals surface area contributed by atoms with Crippen molar-refractivity contribution in [3.63, 3.8) is 0 Å². The summed E-state index contributed by atoms with van der Waals surface area (Å²) in [6.07, 6.45) is 2.99. The number of ketones is 1. The van der Waals surface area contributed by atoms with Gasteiger partial charge >= 0.3 is 0 Å². The van der Waals surface area contributed by atoms with E-state index in [9.17, 15) is 19.7 Å². The predicted molar refractivity (Wildman–Crippen MR) is 114 cm³/mol. The van der Waals surface area contributed by atoms with E-state index in [1.54, 1.807) is 18.4 Å². The molecule has 0 saturated carbocycles. The number of aryl methyl sites for hydroxylation is 1. The summed E-state index contributed by atoms with van der Waals surface area (Å²) in [5.41, 5.74) is 1.43. The highest BCUT2D eigenvalue weighted by molar-refractivity contribution is 7.99. The van der Waals surface area contributed by atoms with Gasteiger partial charge in [-0.25, -0.2) is 4.98 Å². The van der Waals surface area contributed by atoms with E-state index in [2.05, 4.69) is 11.9 Å². The molecule has 0 spiro atoms. The number of Topliss-reactive ketones (excluding diaryl/α,β-unsaturated/α-hetero) is 1. The quantitative estimate of drug-likeness (QED) is 0.200. The van der Waals surface area contributed by atoms with Gasteiger partial charge < -0.3 is 0 Å². The largest absolute Gasteiger partial charge is 0.293 e. The maximum absolute atomic E-state index is 12.9. The first kappa shape index (κ1) is 19.8. The van der Waals surface area contributed by atoms with Gasteiger partial charge in [0.2, 0.25) is 0 Å². The van der Waals surface area contributed by atoms with E-state index < -0.39 is 4.92 Å². The Balaban J connectivity index is 1.58. The fourth-order valence-corrected chi connectivity index (χ4v) is 5.85. The second-order valence-corrected chi connectivity index (χ2v) is 9.33. The van der Waals surface area contributed by atoms with Crippen molar-refractivity contribution in [3.8, 4) is 0 Å². The number of thiophene rings is 1. The Morgan fingerprint density at radius 2 is 2.10 bits per heavy atom. The highest BCUT2D eigenvalue weighted by Crippen LogP contribution is 2.36. The van der Waals surface area contributed by atoms with Crippen molar-refractivity contribution in [1.29, 1.82) is 0 Å². The van der Waals surface area contributed by atoms with E-state index in [-0.39, 0.29) is 22.8 Å². The maximum atomic E-state index is 12.9. The third-order valence-electron chi connectivity index (χ3n) is 5.23. The lowest BCUT2D eigenvalue weighted by Gasteiger charge is -2.17. The van der Waals surface area contributed by atoms with Gasteiger partial charge in [-0.1, -0.05) is 18.7 Å². The first-order valence-electron chi connectivity index (χ1n) is 9.27. The van der Waals surface area contributed by atoms with Gasteiger partial charge in [-0.15, -0.1) is 11.3 Å². The second-order valence-electron chi connectivity index (χ2n) is 7.31. The number of nitrogens with zero attached hydrogens (tertiary/aromatic N) is 3. The highest BCUT2D eigenvalue weighted by Gasteiger charge is 2.24. The number of carbonyl (C=O) groups excluding carboxylic acids is 1. The smallest absolute Gasteiger partial charge is 0.269 e. The lowest BCUT2D eigenvalue weighted by molar-refractivity contribution is -0.384. The van der Waals surface area contributed by atoms with Crippen LogP contribution < -0.4 is 5.56 Å². The van der Waals surface area contributed by atoms with E-state index in [0.717, 1.165) is 35.0 Å². The molecule has 2 aromatic heterocycles. The maximum Gasteiger partial charge on any atom is 0.269 e. The number of aromatic nitrogens is 2. The first-order valence-corrected chi connectivity index (χ1v) is 11.1. The number of thioether (sulfide) groups is 1. The molecule has 0 fully saturated rings. The molecule has 3 aromatic rings. The van der Waals surface area contributed by atoms with Crippen LogP contribution in [-0.4, -0.2) is 26.0 Å². The molecular weight excluding hydrogens is 410 g/mol. The summed E-state index contributed by atoms with van der Waals surface area (Å²) < 4.78 is 1.52. The normalized spacial score (nSPS) is 16.0. The predicted octanol–water partition coefficient (Wildman–Crippen LogP) is 4.00. The van der Waals surface area contributed by atoms with Crippen LogP contribution in [-0.2, 0) is 19.9 Å². The summed E-state index contributed by atoms with van der Waals surface area (Å²) in [5, 5.41) is 12.0. The Kier molecular flexibility index (Phi) is 5.26. The average molecular weight is 430 g/mol. The van der Waals surface area contributed by atoms with Gasteiger partial charge in [0.15, 0.2) is 10.9 Å². The van der Waals surface area contributed by atoms with Crippen LogP contribution in [0.25, 0.3) is 10.2 Å². The minimum absolute atomic E-state index is 0.0558. The number of hydrogen-bond acceptors (Lipinski definition) is 7. The van der Waals surface area contributed by atoms with Crippen LogP contribution in [0.5, 0.6) is 0 Å². The third kappa shape index (κ3) is 3.72. The minimum Gasteiger partial charge on any atom is -0.293 e. The Labute approximate surface area is 174 Å². The summed E-state index contributed by atoms with van der Waals surface area (Å²) in [7, 11) is 1.68. The lowest BCUT2D eigenvalue weighted by Crippen LogP contribution is -2.21. The van der Waals surface area contributed by atoms with Crippen LogP contribution in [0.15, 0.2) is 34.2 Å². The van der Waals surface area contributed by atoms with E-state index in [0.29, 0.717) is 16.6 Å². The molecule has 1 aliphatic rings. The number of nitro benzene ring substituents is 1. The molecule has 9 heteroatoms. The van der Waals surface area contributed by atoms with Gasteiger partial charge in [0, 0.05) is 29.6 Å². The van der Waals surface area contributed by atoms with E-state index in [4.69, 9.17) is 0 Å². The molecule has 2 heterocycles. The zero-order valence-electron chi connectivity index (χ0n) is 16.0. The first-order chi connectivity index (χ1) is 13.8. The monoisotopic (exact) mass is 429 g/mol. The fraction of sp³-hybridized carbons (Fsp3) is 0.350. The molecule has 0 bridgehead atoms. The van der Waals surface area contributed by atoms with Crippen molar-refractivity contribution >= 4 is 44.8 Å². The fourth-order valence-electron chi connectivity index (χ4n) is 3.56. The third-order valence-corrected chi connectivity index (χ3v) is 7.41. The van der Waals surface area contributed by atoms with Gasteiger partial charge in [-0.2, -0.15) is 0 Å². The van der Waals surface area contributed by atoms with Crippen molar-refractivity contribution in [2.75, 3.05) is 5.75 Å². The van der Waals surface area contributed by atoms with Gasteiger partial charge in [0.25, 0.3) is 11.2 Å². The Morgan fingerprint density at radius 3 is 2.79 bits per heavy atom. The van der Waals surface area contributed by atoms with Crippen molar-refractivity contribution in [1.82, 2.24) is 9.55 Å². The van der Waals surface area contributed by atoms with E-state index in [1.807, 2.05) is 0 Å². The number of fused-ring (bicyclic) bond motifs is 3. The summed E-state index contributed by atoms with van der Waals surface area (Å²) in [5.74, 6) is 0.553. The molecular formula is C20H19N3O4S2. The topological polar surface area (TPSA) is 95.1 Å². The molecule has 0 radical (unpaired) electrons. The second kappa shape index (κ2) is 7.72. The molecule has 0 unspecified atom stereocenters.